The minimum atomic E-state index is 0. The van der Waals surface area contributed by atoms with Crippen molar-refractivity contribution in [3.63, 3.8) is 0 Å². The normalized spacial score (nSPS) is 15.8. The Morgan fingerprint density at radius 3 is 2.76 bits per heavy atom. The topological polar surface area (TPSA) is 49.6 Å². The molecule has 0 radical (unpaired) electrons. The maximum Gasteiger partial charge on any atom is 0.246 e. The summed E-state index contributed by atoms with van der Waals surface area (Å²) in [5.74, 6) is 1.12. The summed E-state index contributed by atoms with van der Waals surface area (Å²) in [5.41, 5.74) is 10.3. The molecule has 0 atom stereocenters. The summed E-state index contributed by atoms with van der Waals surface area (Å²) in [6.07, 6.45) is 2.04. The molecule has 0 aliphatic carbocycles. The Bertz CT molecular complexity index is 783. The van der Waals surface area contributed by atoms with Gasteiger partial charge in [-0.1, -0.05) is 18.2 Å². The molecule has 2 aliphatic heterocycles. The third kappa shape index (κ3) is 3.44. The second kappa shape index (κ2) is 7.58. The number of rotatable bonds is 2. The number of hydrogen-bond acceptors (Lipinski definition) is 4. The molecule has 0 aromatic heterocycles. The van der Waals surface area contributed by atoms with Crippen LogP contribution in [-0.2, 0) is 11.2 Å². The summed E-state index contributed by atoms with van der Waals surface area (Å²) in [4.78, 5) is 18.3. The van der Waals surface area contributed by atoms with Crippen molar-refractivity contribution in [2.75, 3.05) is 40.9 Å². The van der Waals surface area contributed by atoms with Crippen LogP contribution in [0.15, 0.2) is 47.4 Å². The average Bonchev–Trinajstić information content (AvgIpc) is 2.62. The number of amides is 1. The first-order chi connectivity index (χ1) is 11.7. The van der Waals surface area contributed by atoms with Crippen molar-refractivity contribution in [3.05, 3.63) is 48.0 Å². The predicted octanol–water partition coefficient (Wildman–Crippen LogP) is 3.58. The molecule has 2 N–H and O–H groups in total. The molecule has 0 fully saturated rings. The van der Waals surface area contributed by atoms with E-state index in [0.29, 0.717) is 6.54 Å². The fourth-order valence-electron chi connectivity index (χ4n) is 3.57. The van der Waals surface area contributed by atoms with Crippen LogP contribution in [0.25, 0.3) is 0 Å². The lowest BCUT2D eigenvalue weighted by Gasteiger charge is -2.35. The van der Waals surface area contributed by atoms with Gasteiger partial charge in [-0.3, -0.25) is 4.79 Å². The Morgan fingerprint density at radius 2 is 1.88 bits per heavy atom. The van der Waals surface area contributed by atoms with E-state index >= 15 is 0 Å². The van der Waals surface area contributed by atoms with E-state index in [4.69, 9.17) is 5.73 Å². The highest BCUT2D eigenvalue weighted by atomic mass is 35.5. The van der Waals surface area contributed by atoms with Crippen LogP contribution in [0.5, 0.6) is 0 Å². The third-order valence-electron chi connectivity index (χ3n) is 4.74. The molecule has 2 aliphatic rings. The molecule has 6 heteroatoms. The van der Waals surface area contributed by atoms with Gasteiger partial charge < -0.3 is 15.5 Å². The van der Waals surface area contributed by atoms with E-state index in [1.165, 1.54) is 10.5 Å². The molecule has 2 heterocycles. The van der Waals surface area contributed by atoms with Crippen molar-refractivity contribution in [2.24, 2.45) is 0 Å². The number of benzene rings is 2. The molecule has 0 saturated carbocycles. The Kier molecular flexibility index (Phi) is 5.45. The van der Waals surface area contributed by atoms with Gasteiger partial charge in [0.15, 0.2) is 0 Å². The number of nitrogens with two attached hydrogens (primary N) is 1. The molecule has 1 amide bonds. The molecular formula is C19H22ClN3OS. The summed E-state index contributed by atoms with van der Waals surface area (Å²) in [6.45, 7) is 2.10. The molecule has 0 unspecified atom stereocenters. The van der Waals surface area contributed by atoms with Gasteiger partial charge in [0.1, 0.15) is 0 Å². The maximum absolute atomic E-state index is 13.0. The number of carbonyl (C=O) groups is 1. The number of nitrogen functional groups attached to an aromatic ring is 1. The van der Waals surface area contributed by atoms with Crippen LogP contribution in [0.2, 0.25) is 0 Å². The minimum absolute atomic E-state index is 0. The zero-order chi connectivity index (χ0) is 16.5. The van der Waals surface area contributed by atoms with Gasteiger partial charge in [-0.2, -0.15) is 0 Å². The summed E-state index contributed by atoms with van der Waals surface area (Å²) in [6, 6.07) is 14.2. The summed E-state index contributed by atoms with van der Waals surface area (Å²) < 4.78 is 0. The van der Waals surface area contributed by atoms with Gasteiger partial charge in [0.05, 0.1) is 12.2 Å². The highest BCUT2D eigenvalue weighted by molar-refractivity contribution is 7.99. The quantitative estimate of drug-likeness (QED) is 0.815. The first-order valence-electron chi connectivity index (χ1n) is 8.38. The molecule has 25 heavy (non-hydrogen) atoms. The third-order valence-corrected chi connectivity index (χ3v) is 5.78. The molecular weight excluding hydrogens is 354 g/mol. The summed E-state index contributed by atoms with van der Waals surface area (Å²) in [5, 5.41) is 0. The number of nitrogens with zero attached hydrogens (tertiary/aromatic N) is 2. The number of halogens is 1. The van der Waals surface area contributed by atoms with Crippen LogP contribution in [0, 0.1) is 0 Å². The number of thioether (sulfide) groups is 1. The number of para-hydroxylation sites is 1. The van der Waals surface area contributed by atoms with Crippen LogP contribution >= 0.6 is 24.2 Å². The summed E-state index contributed by atoms with van der Waals surface area (Å²) in [7, 11) is 0. The van der Waals surface area contributed by atoms with Gasteiger partial charge >= 0.3 is 0 Å². The van der Waals surface area contributed by atoms with Crippen LogP contribution in [0.4, 0.5) is 17.1 Å². The van der Waals surface area contributed by atoms with E-state index < -0.39 is 0 Å². The maximum atomic E-state index is 13.0. The van der Waals surface area contributed by atoms with Crippen LogP contribution in [0.3, 0.4) is 0 Å². The largest absolute Gasteiger partial charge is 0.398 e. The lowest BCUT2D eigenvalue weighted by molar-refractivity contribution is -0.117. The molecule has 0 saturated heterocycles. The molecule has 4 rings (SSSR count). The van der Waals surface area contributed by atoms with Crippen molar-refractivity contribution in [1.29, 1.82) is 0 Å². The Morgan fingerprint density at radius 1 is 1.08 bits per heavy atom. The Hall–Kier alpha value is -1.85. The fraction of sp³-hybridized carbons (Fsp3) is 0.316. The molecule has 0 spiro atoms. The molecule has 132 valence electrons. The van der Waals surface area contributed by atoms with E-state index in [1.54, 1.807) is 0 Å². The lowest BCUT2D eigenvalue weighted by atomic mass is 10.00. The second-order valence-electron chi connectivity index (χ2n) is 6.23. The molecule has 4 nitrogen and oxygen atoms in total. The lowest BCUT2D eigenvalue weighted by Crippen LogP contribution is -2.44. The SMILES string of the molecule is Cl.Nc1cccc2c1CCCN2CC(=O)N1CCSc2ccccc21. The van der Waals surface area contributed by atoms with Crippen LogP contribution < -0.4 is 15.5 Å². The first-order valence-corrected chi connectivity index (χ1v) is 9.37. The molecule has 0 bridgehead atoms. The first kappa shape index (κ1) is 18.0. The Balaban J connectivity index is 0.00000182. The molecule has 2 aromatic rings. The van der Waals surface area contributed by atoms with Crippen LogP contribution in [-0.4, -0.2) is 31.3 Å². The zero-order valence-corrected chi connectivity index (χ0v) is 15.6. The van der Waals surface area contributed by atoms with Crippen molar-refractivity contribution >= 4 is 47.1 Å². The van der Waals surface area contributed by atoms with Crippen molar-refractivity contribution in [2.45, 2.75) is 17.7 Å². The monoisotopic (exact) mass is 375 g/mol. The summed E-state index contributed by atoms with van der Waals surface area (Å²) >= 11 is 1.82. The van der Waals surface area contributed by atoms with Gasteiger partial charge in [-0.15, -0.1) is 24.2 Å². The second-order valence-corrected chi connectivity index (χ2v) is 7.37. The predicted molar refractivity (Wildman–Crippen MR) is 108 cm³/mol. The highest BCUT2D eigenvalue weighted by Gasteiger charge is 2.26. The van der Waals surface area contributed by atoms with Gasteiger partial charge in [0.25, 0.3) is 0 Å². The standard InChI is InChI=1S/C19H21N3OS.ClH/c20-15-6-3-8-16-14(15)5-4-10-21(16)13-19(23)22-11-12-24-18-9-2-1-7-17(18)22;/h1-3,6-9H,4-5,10-13,20H2;1H. The number of anilines is 3. The number of hydrogen-bond donors (Lipinski definition) is 1. The van der Waals surface area contributed by atoms with Gasteiger partial charge in [0.2, 0.25) is 5.91 Å². The van der Waals surface area contributed by atoms with E-state index in [0.717, 1.165) is 48.7 Å². The number of fused-ring (bicyclic) bond motifs is 2. The van der Waals surface area contributed by atoms with Gasteiger partial charge in [-0.25, -0.2) is 0 Å². The Labute approximate surface area is 158 Å². The highest BCUT2D eigenvalue weighted by Crippen LogP contribution is 2.35. The van der Waals surface area contributed by atoms with E-state index in [1.807, 2.05) is 47.0 Å². The van der Waals surface area contributed by atoms with Crippen molar-refractivity contribution in [1.82, 2.24) is 0 Å². The van der Waals surface area contributed by atoms with Crippen molar-refractivity contribution < 1.29 is 4.79 Å². The van der Waals surface area contributed by atoms with E-state index in [2.05, 4.69) is 17.0 Å². The number of carbonyl (C=O) groups excluding carboxylic acids is 1. The van der Waals surface area contributed by atoms with Crippen LogP contribution in [0.1, 0.15) is 12.0 Å². The zero-order valence-electron chi connectivity index (χ0n) is 14.0. The van der Waals surface area contributed by atoms with Crippen molar-refractivity contribution in [3.8, 4) is 0 Å². The van der Waals surface area contributed by atoms with E-state index in [9.17, 15) is 4.79 Å². The minimum Gasteiger partial charge on any atom is -0.398 e. The smallest absolute Gasteiger partial charge is 0.246 e. The van der Waals surface area contributed by atoms with Gasteiger partial charge in [0, 0.05) is 35.1 Å². The van der Waals surface area contributed by atoms with Gasteiger partial charge in [-0.05, 0) is 42.7 Å². The average molecular weight is 376 g/mol. The fourth-order valence-corrected chi connectivity index (χ4v) is 4.56. The molecule has 2 aromatic carbocycles. The van der Waals surface area contributed by atoms with E-state index in [-0.39, 0.29) is 18.3 Å².